The molecule has 3 nitrogen and oxygen atoms in total. The van der Waals surface area contributed by atoms with Crippen LogP contribution in [0.4, 0.5) is 26.3 Å². The molecule has 0 radical (unpaired) electrons. The molecule has 1 aliphatic carbocycles. The highest BCUT2D eigenvalue weighted by Crippen LogP contribution is 2.35. The van der Waals surface area contributed by atoms with Gasteiger partial charge >= 0.3 is 18.3 Å². The van der Waals surface area contributed by atoms with Crippen LogP contribution in [0.1, 0.15) is 12.8 Å². The predicted molar refractivity (Wildman–Crippen MR) is 49.8 cm³/mol. The van der Waals surface area contributed by atoms with Crippen LogP contribution in [0.3, 0.4) is 0 Å². The Morgan fingerprint density at radius 3 is 2.11 bits per heavy atom. The summed E-state index contributed by atoms with van der Waals surface area (Å²) in [6.45, 7) is -0.971. The van der Waals surface area contributed by atoms with Crippen molar-refractivity contribution >= 4 is 5.97 Å². The van der Waals surface area contributed by atoms with Crippen LogP contribution >= 0.6 is 0 Å². The largest absolute Gasteiger partial charge is 0.435 e. The number of carbonyl (C=O) groups excluding carboxylic acids is 1. The van der Waals surface area contributed by atoms with Crippen molar-refractivity contribution in [2.45, 2.75) is 31.3 Å². The van der Waals surface area contributed by atoms with Gasteiger partial charge in [0.25, 0.3) is 0 Å². The lowest BCUT2D eigenvalue weighted by Crippen LogP contribution is -2.44. The Balaban J connectivity index is 2.35. The number of hydrogen-bond donors (Lipinski definition) is 0. The van der Waals surface area contributed by atoms with Crippen molar-refractivity contribution in [3.05, 3.63) is 12.3 Å². The molecule has 1 fully saturated rings. The van der Waals surface area contributed by atoms with E-state index in [0.29, 0.717) is 12.8 Å². The first kappa shape index (κ1) is 15.8. The molecule has 0 unspecified atom stereocenters. The van der Waals surface area contributed by atoms with E-state index in [1.54, 1.807) is 0 Å². The Labute approximate surface area is 104 Å². The molecule has 1 rings (SSSR count). The Kier molecular flexibility index (Phi) is 4.83. The van der Waals surface area contributed by atoms with Crippen molar-refractivity contribution in [2.24, 2.45) is 5.92 Å². The lowest BCUT2D eigenvalue weighted by molar-refractivity contribution is -0.319. The van der Waals surface area contributed by atoms with Gasteiger partial charge in [-0.25, -0.2) is 0 Å². The summed E-state index contributed by atoms with van der Waals surface area (Å²) < 4.78 is 80.2. The number of alkyl halides is 6. The molecule has 0 amide bonds. The molecule has 0 bridgehead atoms. The molecule has 0 aromatic carbocycles. The maximum atomic E-state index is 12.0. The average molecular weight is 292 g/mol. The van der Waals surface area contributed by atoms with E-state index in [-0.39, 0.29) is 5.92 Å². The summed E-state index contributed by atoms with van der Waals surface area (Å²) in [6, 6.07) is 0. The van der Waals surface area contributed by atoms with E-state index in [1.165, 1.54) is 0 Å². The minimum absolute atomic E-state index is 0.219. The van der Waals surface area contributed by atoms with Crippen molar-refractivity contribution in [1.29, 1.82) is 0 Å². The van der Waals surface area contributed by atoms with E-state index in [4.69, 9.17) is 0 Å². The quantitative estimate of drug-likeness (QED) is 0.444. The van der Waals surface area contributed by atoms with Crippen LogP contribution < -0.4 is 0 Å². The van der Waals surface area contributed by atoms with Crippen LogP contribution in [-0.4, -0.2) is 31.0 Å². The first-order chi connectivity index (χ1) is 8.62. The third-order valence-corrected chi connectivity index (χ3v) is 2.14. The molecule has 110 valence electrons. The highest BCUT2D eigenvalue weighted by atomic mass is 19.4. The van der Waals surface area contributed by atoms with Gasteiger partial charge in [0, 0.05) is 0 Å². The van der Waals surface area contributed by atoms with E-state index in [2.05, 4.69) is 9.47 Å². The summed E-state index contributed by atoms with van der Waals surface area (Å²) in [4.78, 5) is 10.9. The van der Waals surface area contributed by atoms with E-state index in [1.807, 2.05) is 0 Å². The van der Waals surface area contributed by atoms with E-state index >= 15 is 0 Å². The summed E-state index contributed by atoms with van der Waals surface area (Å²) >= 11 is 0. The normalized spacial score (nSPS) is 17.2. The van der Waals surface area contributed by atoms with E-state index in [9.17, 15) is 31.1 Å². The van der Waals surface area contributed by atoms with Gasteiger partial charge in [0.05, 0.1) is 18.8 Å². The standard InChI is InChI=1S/C10H10F6O3/c11-9(12,13)8(10(14,15)16)19-5-1-4-18-7(17)6-2-3-6/h1,4,6,8H,2-3,5H2. The Morgan fingerprint density at radius 1 is 1.16 bits per heavy atom. The fraction of sp³-hybridized carbons (Fsp3) is 0.700. The summed E-state index contributed by atoms with van der Waals surface area (Å²) in [7, 11) is 0. The first-order valence-corrected chi connectivity index (χ1v) is 5.23. The lowest BCUT2D eigenvalue weighted by Gasteiger charge is -2.22. The van der Waals surface area contributed by atoms with Gasteiger partial charge in [-0.3, -0.25) is 4.79 Å². The van der Waals surface area contributed by atoms with Gasteiger partial charge in [-0.1, -0.05) is 0 Å². The third-order valence-electron chi connectivity index (χ3n) is 2.14. The van der Waals surface area contributed by atoms with Gasteiger partial charge in [-0.2, -0.15) is 26.3 Å². The maximum Gasteiger partial charge on any atom is 0.423 e. The topological polar surface area (TPSA) is 35.5 Å². The molecule has 0 atom stereocenters. The second-order valence-corrected chi connectivity index (χ2v) is 3.88. The van der Waals surface area contributed by atoms with Crippen LogP contribution in [0.25, 0.3) is 0 Å². The van der Waals surface area contributed by atoms with Gasteiger partial charge in [-0.05, 0) is 18.9 Å². The minimum atomic E-state index is -5.54. The van der Waals surface area contributed by atoms with Crippen molar-refractivity contribution in [3.8, 4) is 0 Å². The Morgan fingerprint density at radius 2 is 1.68 bits per heavy atom. The van der Waals surface area contributed by atoms with E-state index in [0.717, 1.165) is 12.3 Å². The molecule has 1 saturated carbocycles. The number of esters is 1. The summed E-state index contributed by atoms with van der Waals surface area (Å²) in [6.07, 6.45) is -12.1. The fourth-order valence-corrected chi connectivity index (χ4v) is 1.10. The molecule has 0 N–H and O–H groups in total. The minimum Gasteiger partial charge on any atom is -0.435 e. The zero-order valence-electron chi connectivity index (χ0n) is 9.42. The molecule has 0 heterocycles. The molecular weight excluding hydrogens is 282 g/mol. The SMILES string of the molecule is O=C(OC=CCOC(C(F)(F)F)C(F)(F)F)C1CC1. The molecule has 0 saturated heterocycles. The average Bonchev–Trinajstić information content (AvgIpc) is 3.02. The smallest absolute Gasteiger partial charge is 0.423 e. The van der Waals surface area contributed by atoms with Crippen molar-refractivity contribution < 1.29 is 40.6 Å². The van der Waals surface area contributed by atoms with Gasteiger partial charge < -0.3 is 9.47 Å². The second kappa shape index (κ2) is 5.81. The van der Waals surface area contributed by atoms with Gasteiger partial charge in [0.15, 0.2) is 0 Å². The van der Waals surface area contributed by atoms with Crippen molar-refractivity contribution in [1.82, 2.24) is 0 Å². The highest BCUT2D eigenvalue weighted by Gasteiger charge is 2.57. The van der Waals surface area contributed by atoms with Crippen LogP contribution in [-0.2, 0) is 14.3 Å². The summed E-state index contributed by atoms with van der Waals surface area (Å²) in [5.41, 5.74) is 0. The van der Waals surface area contributed by atoms with E-state index < -0.39 is 31.0 Å². The number of carbonyl (C=O) groups is 1. The maximum absolute atomic E-state index is 12.0. The lowest BCUT2D eigenvalue weighted by atomic mass is 10.3. The molecule has 9 heteroatoms. The Hall–Kier alpha value is -1.25. The van der Waals surface area contributed by atoms with Crippen molar-refractivity contribution in [3.63, 3.8) is 0 Å². The first-order valence-electron chi connectivity index (χ1n) is 5.23. The third kappa shape index (κ3) is 5.50. The molecule has 0 aromatic rings. The van der Waals surface area contributed by atoms with Gasteiger partial charge in [0.1, 0.15) is 0 Å². The van der Waals surface area contributed by atoms with Crippen LogP contribution in [0.5, 0.6) is 0 Å². The van der Waals surface area contributed by atoms with Crippen LogP contribution in [0.15, 0.2) is 12.3 Å². The monoisotopic (exact) mass is 292 g/mol. The Bertz CT molecular complexity index is 328. The number of hydrogen-bond acceptors (Lipinski definition) is 3. The summed E-state index contributed by atoms with van der Waals surface area (Å²) in [5.74, 6) is -0.775. The number of halogens is 6. The molecule has 0 aliphatic heterocycles. The zero-order valence-corrected chi connectivity index (χ0v) is 9.42. The zero-order chi connectivity index (χ0) is 14.7. The summed E-state index contributed by atoms with van der Waals surface area (Å²) in [5, 5.41) is 0. The predicted octanol–water partition coefficient (Wildman–Crippen LogP) is 2.96. The molecule has 1 aliphatic rings. The van der Waals surface area contributed by atoms with Gasteiger partial charge in [-0.15, -0.1) is 0 Å². The van der Waals surface area contributed by atoms with Crippen LogP contribution in [0.2, 0.25) is 0 Å². The molecular formula is C10H10F6O3. The van der Waals surface area contributed by atoms with Crippen LogP contribution in [0, 0.1) is 5.92 Å². The molecule has 0 spiro atoms. The molecule has 0 aromatic heterocycles. The second-order valence-electron chi connectivity index (χ2n) is 3.88. The van der Waals surface area contributed by atoms with Gasteiger partial charge in [0.2, 0.25) is 6.10 Å². The highest BCUT2D eigenvalue weighted by molar-refractivity contribution is 5.75. The number of rotatable bonds is 5. The van der Waals surface area contributed by atoms with Crippen molar-refractivity contribution in [2.75, 3.05) is 6.61 Å². The number of ether oxygens (including phenoxy) is 2. The molecule has 19 heavy (non-hydrogen) atoms. The fourth-order valence-electron chi connectivity index (χ4n) is 1.10.